The van der Waals surface area contributed by atoms with E-state index in [1.807, 2.05) is 13.8 Å². The van der Waals surface area contributed by atoms with E-state index in [4.69, 9.17) is 14.6 Å². The molecule has 0 aromatic carbocycles. The molecular weight excluding hydrogens is 262 g/mol. The first-order valence-corrected chi connectivity index (χ1v) is 6.32. The number of hydrogen-bond donors (Lipinski definition) is 1. The topological polar surface area (TPSA) is 85.7 Å². The number of pyridine rings is 1. The van der Waals surface area contributed by atoms with Gasteiger partial charge in [0.1, 0.15) is 17.0 Å². The van der Waals surface area contributed by atoms with E-state index < -0.39 is 17.5 Å². The molecule has 1 N–H and O–H groups in total. The van der Waals surface area contributed by atoms with E-state index >= 15 is 0 Å². The molecule has 0 saturated heterocycles. The minimum atomic E-state index is -1.12. The van der Waals surface area contributed by atoms with Crippen LogP contribution in [-0.2, 0) is 9.53 Å². The number of carbonyl (C=O) groups is 2. The number of aromatic nitrogens is 1. The number of carbonyl (C=O) groups excluding carboxylic acids is 1. The average Bonchev–Trinajstić information content (AvgIpc) is 2.37. The highest BCUT2D eigenvalue weighted by Crippen LogP contribution is 2.11. The van der Waals surface area contributed by atoms with Crippen molar-refractivity contribution in [2.24, 2.45) is 0 Å². The maximum absolute atomic E-state index is 11.3. The van der Waals surface area contributed by atoms with Crippen molar-refractivity contribution >= 4 is 11.9 Å². The number of carboxylic acids is 1. The van der Waals surface area contributed by atoms with Crippen LogP contribution in [-0.4, -0.2) is 34.2 Å². The van der Waals surface area contributed by atoms with Crippen molar-refractivity contribution in [1.82, 2.24) is 4.98 Å². The molecule has 0 fully saturated rings. The number of hydrogen-bond acceptors (Lipinski definition) is 5. The normalized spacial score (nSPS) is 10.1. The van der Waals surface area contributed by atoms with Crippen LogP contribution in [0.5, 0.6) is 5.75 Å². The lowest BCUT2D eigenvalue weighted by molar-refractivity contribution is -0.157. The number of ether oxygens (including phenoxy) is 2. The van der Waals surface area contributed by atoms with Crippen LogP contribution in [0.15, 0.2) is 18.3 Å². The van der Waals surface area contributed by atoms with Crippen molar-refractivity contribution in [1.29, 1.82) is 0 Å². The summed E-state index contributed by atoms with van der Waals surface area (Å²) in [5, 5.41) is 8.64. The Labute approximate surface area is 118 Å². The number of rotatable bonds is 4. The van der Waals surface area contributed by atoms with Crippen molar-refractivity contribution in [3.05, 3.63) is 24.0 Å². The van der Waals surface area contributed by atoms with E-state index in [1.54, 1.807) is 20.8 Å². The first-order valence-electron chi connectivity index (χ1n) is 6.32. The Hall–Kier alpha value is -2.11. The maximum atomic E-state index is 11.3. The van der Waals surface area contributed by atoms with E-state index in [0.29, 0.717) is 5.75 Å². The monoisotopic (exact) mass is 283 g/mol. The minimum Gasteiger partial charge on any atom is -0.480 e. The van der Waals surface area contributed by atoms with Gasteiger partial charge in [0.05, 0.1) is 6.20 Å². The first-order chi connectivity index (χ1) is 9.28. The number of aromatic carboxylic acids is 1. The third-order valence-corrected chi connectivity index (χ3v) is 1.73. The van der Waals surface area contributed by atoms with Crippen molar-refractivity contribution in [2.75, 3.05) is 6.61 Å². The molecule has 20 heavy (non-hydrogen) atoms. The molecule has 1 heterocycles. The van der Waals surface area contributed by atoms with Crippen LogP contribution in [0.3, 0.4) is 0 Å². The average molecular weight is 283 g/mol. The van der Waals surface area contributed by atoms with Gasteiger partial charge in [0.2, 0.25) is 0 Å². The number of carboxylic acid groups (broad SMARTS) is 1. The predicted octanol–water partition coefficient (Wildman–Crippen LogP) is 2.53. The second-order valence-electron chi connectivity index (χ2n) is 4.56. The quantitative estimate of drug-likeness (QED) is 0.854. The van der Waals surface area contributed by atoms with Gasteiger partial charge in [0.25, 0.3) is 0 Å². The Bertz CT molecular complexity index is 434. The van der Waals surface area contributed by atoms with Crippen LogP contribution in [0.4, 0.5) is 0 Å². The third-order valence-electron chi connectivity index (χ3n) is 1.73. The summed E-state index contributed by atoms with van der Waals surface area (Å²) in [7, 11) is 0. The highest BCUT2D eigenvalue weighted by atomic mass is 16.6. The van der Waals surface area contributed by atoms with Crippen molar-refractivity contribution in [3.63, 3.8) is 0 Å². The zero-order chi connectivity index (χ0) is 15.8. The van der Waals surface area contributed by atoms with Gasteiger partial charge in [-0.05, 0) is 32.9 Å². The molecule has 0 saturated carbocycles. The van der Waals surface area contributed by atoms with Gasteiger partial charge < -0.3 is 14.6 Å². The van der Waals surface area contributed by atoms with Crippen molar-refractivity contribution in [2.45, 2.75) is 40.2 Å². The molecular formula is C14H21NO5. The number of nitrogens with zero attached hydrogens (tertiary/aromatic N) is 1. The lowest BCUT2D eigenvalue weighted by Crippen LogP contribution is -2.27. The summed E-state index contributed by atoms with van der Waals surface area (Å²) < 4.78 is 10.2. The maximum Gasteiger partial charge on any atom is 0.354 e. The van der Waals surface area contributed by atoms with Gasteiger partial charge in [0, 0.05) is 0 Å². The standard InChI is InChI=1S/C12H15NO5.C2H6/c1-12(2,3)18-10(14)7-17-8-4-5-9(11(15)16)13-6-8;1-2/h4-6H,7H2,1-3H3,(H,15,16);1-2H3. The van der Waals surface area contributed by atoms with Crippen LogP contribution in [0.1, 0.15) is 45.1 Å². The zero-order valence-electron chi connectivity index (χ0n) is 12.5. The Kier molecular flexibility index (Phi) is 7.28. The fraction of sp³-hybridized carbons (Fsp3) is 0.500. The summed E-state index contributed by atoms with van der Waals surface area (Å²) in [5.41, 5.74) is -0.647. The second kappa shape index (κ2) is 8.14. The lowest BCUT2D eigenvalue weighted by Gasteiger charge is -2.19. The molecule has 112 valence electrons. The molecule has 0 amide bonds. The Morgan fingerprint density at radius 2 is 1.85 bits per heavy atom. The highest BCUT2D eigenvalue weighted by molar-refractivity contribution is 5.85. The van der Waals surface area contributed by atoms with Crippen LogP contribution in [0, 0.1) is 0 Å². The van der Waals surface area contributed by atoms with E-state index in [0.717, 1.165) is 0 Å². The van der Waals surface area contributed by atoms with Gasteiger partial charge in [-0.3, -0.25) is 0 Å². The fourth-order valence-corrected chi connectivity index (χ4v) is 1.11. The highest BCUT2D eigenvalue weighted by Gasteiger charge is 2.16. The van der Waals surface area contributed by atoms with Crippen molar-refractivity contribution in [3.8, 4) is 5.75 Å². The molecule has 0 atom stereocenters. The van der Waals surface area contributed by atoms with Gasteiger partial charge >= 0.3 is 11.9 Å². The molecule has 1 aromatic rings. The lowest BCUT2D eigenvalue weighted by atomic mass is 10.2. The SMILES string of the molecule is CC.CC(C)(C)OC(=O)COc1ccc(C(=O)O)nc1. The molecule has 6 heteroatoms. The van der Waals surface area contributed by atoms with Gasteiger partial charge in [0.15, 0.2) is 6.61 Å². The summed E-state index contributed by atoms with van der Waals surface area (Å²) in [6, 6.07) is 2.73. The molecule has 0 bridgehead atoms. The molecule has 0 unspecified atom stereocenters. The molecule has 0 spiro atoms. The van der Waals surface area contributed by atoms with Gasteiger partial charge in [-0.15, -0.1) is 0 Å². The van der Waals surface area contributed by atoms with Crippen LogP contribution in [0.25, 0.3) is 0 Å². The van der Waals surface area contributed by atoms with Gasteiger partial charge in [-0.25, -0.2) is 14.6 Å². The van der Waals surface area contributed by atoms with Gasteiger partial charge in [-0.2, -0.15) is 0 Å². The van der Waals surface area contributed by atoms with Crippen molar-refractivity contribution < 1.29 is 24.2 Å². The van der Waals surface area contributed by atoms with Crippen LogP contribution < -0.4 is 4.74 Å². The van der Waals surface area contributed by atoms with E-state index in [9.17, 15) is 9.59 Å². The summed E-state index contributed by atoms with van der Waals surface area (Å²) in [5.74, 6) is -1.30. The predicted molar refractivity (Wildman–Crippen MR) is 73.9 cm³/mol. The fourth-order valence-electron chi connectivity index (χ4n) is 1.11. The molecule has 0 aliphatic rings. The molecule has 0 aliphatic heterocycles. The minimum absolute atomic E-state index is 0.0837. The summed E-state index contributed by atoms with van der Waals surface area (Å²) >= 11 is 0. The number of esters is 1. The molecule has 1 aromatic heterocycles. The van der Waals surface area contributed by atoms with E-state index in [1.165, 1.54) is 18.3 Å². The van der Waals surface area contributed by atoms with Crippen LogP contribution >= 0.6 is 0 Å². The second-order valence-corrected chi connectivity index (χ2v) is 4.56. The Morgan fingerprint density at radius 1 is 1.25 bits per heavy atom. The zero-order valence-corrected chi connectivity index (χ0v) is 12.5. The Balaban J connectivity index is 0.00000172. The van der Waals surface area contributed by atoms with E-state index in [-0.39, 0.29) is 12.3 Å². The molecule has 0 radical (unpaired) electrons. The summed E-state index contributed by atoms with van der Waals surface area (Å²) in [6.45, 7) is 9.03. The summed E-state index contributed by atoms with van der Waals surface area (Å²) in [6.07, 6.45) is 1.24. The molecule has 0 aliphatic carbocycles. The Morgan fingerprint density at radius 3 is 2.25 bits per heavy atom. The van der Waals surface area contributed by atoms with Crippen LogP contribution in [0.2, 0.25) is 0 Å². The molecule has 1 rings (SSSR count). The smallest absolute Gasteiger partial charge is 0.354 e. The largest absolute Gasteiger partial charge is 0.480 e. The molecule has 6 nitrogen and oxygen atoms in total. The van der Waals surface area contributed by atoms with E-state index in [2.05, 4.69) is 4.98 Å². The first kappa shape index (κ1) is 17.9. The summed E-state index contributed by atoms with van der Waals surface area (Å²) in [4.78, 5) is 25.6. The van der Waals surface area contributed by atoms with Gasteiger partial charge in [-0.1, -0.05) is 13.8 Å². The third kappa shape index (κ3) is 7.35.